The number of para-hydroxylation sites is 1. The molecule has 0 fully saturated rings. The first-order valence-corrected chi connectivity index (χ1v) is 8.59. The van der Waals surface area contributed by atoms with Crippen molar-refractivity contribution in [3.8, 4) is 0 Å². The molecule has 120 valence electrons. The SMILES string of the molecule is CNc1ccccc1C(NCCCOC)C1=CC=C(Br)CC1. The molecule has 3 nitrogen and oxygen atoms in total. The molecule has 0 heterocycles. The van der Waals surface area contributed by atoms with Crippen molar-refractivity contribution < 1.29 is 4.74 Å². The number of hydrogen-bond acceptors (Lipinski definition) is 3. The van der Waals surface area contributed by atoms with Gasteiger partial charge in [0, 0.05) is 26.5 Å². The van der Waals surface area contributed by atoms with Gasteiger partial charge in [-0.2, -0.15) is 0 Å². The fourth-order valence-electron chi connectivity index (χ4n) is 2.75. The normalized spacial score (nSPS) is 16.0. The Morgan fingerprint density at radius 1 is 1.23 bits per heavy atom. The maximum Gasteiger partial charge on any atom is 0.0559 e. The zero-order valence-electron chi connectivity index (χ0n) is 13.4. The summed E-state index contributed by atoms with van der Waals surface area (Å²) in [6, 6.07) is 8.76. The summed E-state index contributed by atoms with van der Waals surface area (Å²) in [5.41, 5.74) is 3.92. The van der Waals surface area contributed by atoms with Crippen molar-refractivity contribution in [1.29, 1.82) is 0 Å². The molecular formula is C18H25BrN2O. The van der Waals surface area contributed by atoms with Gasteiger partial charge in [-0.25, -0.2) is 0 Å². The highest BCUT2D eigenvalue weighted by atomic mass is 79.9. The number of benzene rings is 1. The lowest BCUT2D eigenvalue weighted by Gasteiger charge is -2.26. The van der Waals surface area contributed by atoms with Crippen molar-refractivity contribution in [2.45, 2.75) is 25.3 Å². The van der Waals surface area contributed by atoms with Gasteiger partial charge in [-0.05, 0) is 47.5 Å². The molecule has 1 unspecified atom stereocenters. The van der Waals surface area contributed by atoms with Crippen molar-refractivity contribution in [3.05, 3.63) is 52.0 Å². The molecule has 0 bridgehead atoms. The third-order valence-electron chi connectivity index (χ3n) is 3.92. The Morgan fingerprint density at radius 2 is 2.05 bits per heavy atom. The molecule has 1 aromatic rings. The molecule has 1 aromatic carbocycles. The molecule has 4 heteroatoms. The van der Waals surface area contributed by atoms with E-state index in [9.17, 15) is 0 Å². The van der Waals surface area contributed by atoms with E-state index in [0.29, 0.717) is 0 Å². The van der Waals surface area contributed by atoms with Crippen LogP contribution in [0.3, 0.4) is 0 Å². The van der Waals surface area contributed by atoms with E-state index in [4.69, 9.17) is 4.74 Å². The minimum atomic E-state index is 0.248. The molecule has 0 aliphatic heterocycles. The zero-order chi connectivity index (χ0) is 15.8. The highest BCUT2D eigenvalue weighted by molar-refractivity contribution is 9.11. The van der Waals surface area contributed by atoms with Gasteiger partial charge in [-0.15, -0.1) is 0 Å². The largest absolute Gasteiger partial charge is 0.388 e. The zero-order valence-corrected chi connectivity index (χ0v) is 14.9. The minimum Gasteiger partial charge on any atom is -0.388 e. The number of nitrogens with one attached hydrogen (secondary N) is 2. The maximum atomic E-state index is 5.15. The van der Waals surface area contributed by atoms with Crippen LogP contribution in [0.1, 0.15) is 30.9 Å². The molecule has 1 aliphatic rings. The smallest absolute Gasteiger partial charge is 0.0559 e. The van der Waals surface area contributed by atoms with Crippen LogP contribution in [0.15, 0.2) is 46.5 Å². The minimum absolute atomic E-state index is 0.248. The van der Waals surface area contributed by atoms with Gasteiger partial charge in [0.1, 0.15) is 0 Å². The topological polar surface area (TPSA) is 33.3 Å². The second-order valence-corrected chi connectivity index (χ2v) is 6.44. The van der Waals surface area contributed by atoms with E-state index >= 15 is 0 Å². The molecule has 0 saturated heterocycles. The Morgan fingerprint density at radius 3 is 2.73 bits per heavy atom. The lowest BCUT2D eigenvalue weighted by molar-refractivity contribution is 0.193. The van der Waals surface area contributed by atoms with Crippen LogP contribution >= 0.6 is 15.9 Å². The van der Waals surface area contributed by atoms with Gasteiger partial charge in [0.2, 0.25) is 0 Å². The third kappa shape index (κ3) is 4.70. The standard InChI is InChI=1S/C18H25BrN2O/c1-20-17-7-4-3-6-16(17)18(21-12-5-13-22-2)14-8-10-15(19)11-9-14/h3-4,6-8,10,18,20-21H,5,9,11-13H2,1-2H3. The van der Waals surface area contributed by atoms with Gasteiger partial charge < -0.3 is 15.4 Å². The van der Waals surface area contributed by atoms with E-state index in [1.807, 2.05) is 7.05 Å². The number of anilines is 1. The van der Waals surface area contributed by atoms with Crippen LogP contribution in [-0.4, -0.2) is 27.3 Å². The number of hydrogen-bond donors (Lipinski definition) is 2. The molecule has 1 atom stereocenters. The summed E-state index contributed by atoms with van der Waals surface area (Å²) in [5, 5.41) is 7.01. The van der Waals surface area contributed by atoms with Gasteiger partial charge in [0.25, 0.3) is 0 Å². The third-order valence-corrected chi connectivity index (χ3v) is 4.58. The first-order valence-electron chi connectivity index (χ1n) is 7.80. The maximum absolute atomic E-state index is 5.15. The fourth-order valence-corrected chi connectivity index (χ4v) is 3.08. The van der Waals surface area contributed by atoms with E-state index in [1.54, 1.807) is 7.11 Å². The Kier molecular flexibility index (Phi) is 7.16. The highest BCUT2D eigenvalue weighted by Gasteiger charge is 2.20. The number of halogens is 1. The van der Waals surface area contributed by atoms with Crippen molar-refractivity contribution in [3.63, 3.8) is 0 Å². The van der Waals surface area contributed by atoms with Crippen molar-refractivity contribution in [2.75, 3.05) is 32.6 Å². The monoisotopic (exact) mass is 364 g/mol. The molecule has 0 aromatic heterocycles. The first-order chi connectivity index (χ1) is 10.8. The summed E-state index contributed by atoms with van der Waals surface area (Å²) in [5.74, 6) is 0. The van der Waals surface area contributed by atoms with Crippen LogP contribution in [-0.2, 0) is 4.74 Å². The molecule has 0 saturated carbocycles. The van der Waals surface area contributed by atoms with E-state index in [2.05, 4.69) is 63.0 Å². The van der Waals surface area contributed by atoms with Crippen LogP contribution in [0, 0.1) is 0 Å². The number of rotatable bonds is 8. The van der Waals surface area contributed by atoms with Crippen LogP contribution < -0.4 is 10.6 Å². The van der Waals surface area contributed by atoms with Gasteiger partial charge in [-0.3, -0.25) is 0 Å². The molecule has 0 spiro atoms. The average Bonchev–Trinajstić information content (AvgIpc) is 2.56. The summed E-state index contributed by atoms with van der Waals surface area (Å²) >= 11 is 3.59. The quantitative estimate of drug-likeness (QED) is 0.670. The number of methoxy groups -OCH3 is 1. The lowest BCUT2D eigenvalue weighted by atomic mass is 9.91. The number of ether oxygens (including phenoxy) is 1. The van der Waals surface area contributed by atoms with E-state index in [1.165, 1.54) is 21.3 Å². The Bertz CT molecular complexity index is 540. The molecule has 2 N–H and O–H groups in total. The van der Waals surface area contributed by atoms with Crippen molar-refractivity contribution in [1.82, 2.24) is 5.32 Å². The highest BCUT2D eigenvalue weighted by Crippen LogP contribution is 2.34. The van der Waals surface area contributed by atoms with Crippen LogP contribution in [0.5, 0.6) is 0 Å². The van der Waals surface area contributed by atoms with E-state index in [-0.39, 0.29) is 6.04 Å². The summed E-state index contributed by atoms with van der Waals surface area (Å²) in [7, 11) is 3.73. The second kappa shape index (κ2) is 9.13. The Hall–Kier alpha value is -1.10. The van der Waals surface area contributed by atoms with E-state index in [0.717, 1.165) is 32.4 Å². The summed E-state index contributed by atoms with van der Waals surface area (Å²) < 4.78 is 6.43. The molecule has 0 radical (unpaired) electrons. The Labute approximate surface area is 142 Å². The molecule has 2 rings (SSSR count). The number of allylic oxidation sites excluding steroid dienone is 3. The predicted molar refractivity (Wildman–Crippen MR) is 97.6 cm³/mol. The van der Waals surface area contributed by atoms with Gasteiger partial charge >= 0.3 is 0 Å². The second-order valence-electron chi connectivity index (χ2n) is 5.43. The van der Waals surface area contributed by atoms with Crippen molar-refractivity contribution >= 4 is 21.6 Å². The molecule has 0 amide bonds. The van der Waals surface area contributed by atoms with E-state index < -0.39 is 0 Å². The van der Waals surface area contributed by atoms with Crippen LogP contribution in [0.4, 0.5) is 5.69 Å². The summed E-state index contributed by atoms with van der Waals surface area (Å²) in [6.45, 7) is 1.73. The molecular weight excluding hydrogens is 340 g/mol. The lowest BCUT2D eigenvalue weighted by Crippen LogP contribution is -2.26. The summed E-state index contributed by atoms with van der Waals surface area (Å²) in [4.78, 5) is 0. The van der Waals surface area contributed by atoms with Gasteiger partial charge in [0.05, 0.1) is 6.04 Å². The fraction of sp³-hybridized carbons (Fsp3) is 0.444. The van der Waals surface area contributed by atoms with Crippen LogP contribution in [0.25, 0.3) is 0 Å². The molecule has 1 aliphatic carbocycles. The average molecular weight is 365 g/mol. The van der Waals surface area contributed by atoms with Crippen molar-refractivity contribution in [2.24, 2.45) is 0 Å². The summed E-state index contributed by atoms with van der Waals surface area (Å²) in [6.07, 6.45) is 7.58. The predicted octanol–water partition coefficient (Wildman–Crippen LogP) is 4.39. The Balaban J connectivity index is 2.21. The van der Waals surface area contributed by atoms with Gasteiger partial charge in [0.15, 0.2) is 0 Å². The molecule has 22 heavy (non-hydrogen) atoms. The van der Waals surface area contributed by atoms with Gasteiger partial charge in [-0.1, -0.05) is 46.3 Å². The van der Waals surface area contributed by atoms with Crippen LogP contribution in [0.2, 0.25) is 0 Å². The first kappa shape index (κ1) is 17.3.